The summed E-state index contributed by atoms with van der Waals surface area (Å²) in [7, 11) is 2.17. The number of aliphatic hydroxyl groups excluding tert-OH is 2. The first-order valence-electron chi connectivity index (χ1n) is 9.48. The zero-order valence-corrected chi connectivity index (χ0v) is 14.9. The third-order valence-corrected chi connectivity index (χ3v) is 6.77. The zero-order valence-electron chi connectivity index (χ0n) is 14.9. The molecule has 1 aromatic rings. The zero-order chi connectivity index (χ0) is 17.6. The molecule has 5 heteroatoms. The summed E-state index contributed by atoms with van der Waals surface area (Å²) < 4.78 is 5.86. The third kappa shape index (κ3) is 2.78. The molecule has 1 saturated heterocycles. The van der Waals surface area contributed by atoms with Crippen LogP contribution in [0.15, 0.2) is 18.2 Å². The number of ether oxygens (including phenoxy) is 1. The van der Waals surface area contributed by atoms with Crippen molar-refractivity contribution in [1.82, 2.24) is 4.90 Å². The van der Waals surface area contributed by atoms with Crippen molar-refractivity contribution < 1.29 is 20.1 Å². The van der Waals surface area contributed by atoms with E-state index in [0.717, 1.165) is 32.2 Å². The van der Waals surface area contributed by atoms with Crippen molar-refractivity contribution in [3.05, 3.63) is 29.3 Å². The van der Waals surface area contributed by atoms with Crippen LogP contribution in [0.2, 0.25) is 0 Å². The monoisotopic (exact) mass is 347 g/mol. The summed E-state index contributed by atoms with van der Waals surface area (Å²) in [5, 5.41) is 30.3. The van der Waals surface area contributed by atoms with E-state index in [2.05, 4.69) is 18.0 Å². The molecule has 3 aliphatic rings. The van der Waals surface area contributed by atoms with Gasteiger partial charge < -0.3 is 25.0 Å². The highest BCUT2D eigenvalue weighted by Crippen LogP contribution is 2.55. The molecule has 0 unspecified atom stereocenters. The maximum absolute atomic E-state index is 11.1. The molecule has 1 aromatic carbocycles. The SMILES string of the molecule is CN1CCC[C@]23C[C@H](OCCO)C[C@@H](O)[C@@H]2[C@H]1Cc1ccc(O)cc13. The van der Waals surface area contributed by atoms with E-state index >= 15 is 0 Å². The summed E-state index contributed by atoms with van der Waals surface area (Å²) in [6.07, 6.45) is 4.04. The van der Waals surface area contributed by atoms with E-state index in [1.165, 1.54) is 11.1 Å². The number of phenols is 1. The topological polar surface area (TPSA) is 73.2 Å². The van der Waals surface area contributed by atoms with Crippen molar-refractivity contribution in [3.8, 4) is 5.75 Å². The van der Waals surface area contributed by atoms with Crippen molar-refractivity contribution >= 4 is 0 Å². The molecule has 25 heavy (non-hydrogen) atoms. The summed E-state index contributed by atoms with van der Waals surface area (Å²) >= 11 is 0. The number of benzene rings is 1. The molecule has 2 fully saturated rings. The van der Waals surface area contributed by atoms with Gasteiger partial charge in [0.2, 0.25) is 0 Å². The Morgan fingerprint density at radius 1 is 1.36 bits per heavy atom. The highest BCUT2D eigenvalue weighted by atomic mass is 16.5. The molecule has 5 nitrogen and oxygen atoms in total. The first-order valence-corrected chi connectivity index (χ1v) is 9.48. The van der Waals surface area contributed by atoms with Gasteiger partial charge in [0.25, 0.3) is 0 Å². The lowest BCUT2D eigenvalue weighted by molar-refractivity contribution is -0.102. The number of rotatable bonds is 3. The first-order chi connectivity index (χ1) is 12.0. The maximum Gasteiger partial charge on any atom is 0.115 e. The standard InChI is InChI=1S/C20H29NO4/c1-21-6-2-5-20-12-15(25-8-7-22)11-18(24)19(20)17(21)9-13-3-4-14(23)10-16(13)20/h3-4,10,15,17-19,22-24H,2,5-9,11-12H2,1H3/t15-,17-,18-,19+,20-/m1/s1. The number of phenolic OH excluding ortho intramolecular Hbond substituents is 1. The molecule has 1 aliphatic heterocycles. The van der Waals surface area contributed by atoms with Crippen LogP contribution in [0.4, 0.5) is 0 Å². The van der Waals surface area contributed by atoms with E-state index in [1.807, 2.05) is 6.07 Å². The lowest BCUT2D eigenvalue weighted by Gasteiger charge is -2.55. The first kappa shape index (κ1) is 17.3. The number of likely N-dealkylation sites (N-methyl/N-ethyl adjacent to an activating group) is 1. The fourth-order valence-corrected chi connectivity index (χ4v) is 5.87. The number of likely N-dealkylation sites (tertiary alicyclic amines) is 1. The summed E-state index contributed by atoms with van der Waals surface area (Å²) in [6, 6.07) is 6.08. The minimum Gasteiger partial charge on any atom is -0.508 e. The minimum atomic E-state index is -0.418. The Bertz CT molecular complexity index is 636. The molecule has 5 atom stereocenters. The van der Waals surface area contributed by atoms with Crippen molar-refractivity contribution in [2.24, 2.45) is 5.92 Å². The van der Waals surface area contributed by atoms with Crippen LogP contribution in [-0.4, -0.2) is 65.3 Å². The Morgan fingerprint density at radius 2 is 2.20 bits per heavy atom. The van der Waals surface area contributed by atoms with Crippen LogP contribution in [0, 0.1) is 5.92 Å². The van der Waals surface area contributed by atoms with Crippen LogP contribution in [0.25, 0.3) is 0 Å². The molecule has 0 amide bonds. The predicted octanol–water partition coefficient (Wildman–Crippen LogP) is 1.43. The molecule has 1 saturated carbocycles. The van der Waals surface area contributed by atoms with Gasteiger partial charge in [-0.25, -0.2) is 0 Å². The molecule has 3 N–H and O–H groups in total. The molecule has 0 spiro atoms. The van der Waals surface area contributed by atoms with Gasteiger partial charge >= 0.3 is 0 Å². The maximum atomic E-state index is 11.1. The number of hydrogen-bond acceptors (Lipinski definition) is 5. The average Bonchev–Trinajstić information content (AvgIpc) is 2.69. The van der Waals surface area contributed by atoms with Crippen LogP contribution in [0.3, 0.4) is 0 Å². The second-order valence-corrected chi connectivity index (χ2v) is 8.10. The molecule has 138 valence electrons. The number of aliphatic hydroxyl groups is 2. The normalized spacial score (nSPS) is 37.9. The Labute approximate surface area is 149 Å². The van der Waals surface area contributed by atoms with Gasteiger partial charge in [-0.05, 0) is 69.0 Å². The number of hydrogen-bond donors (Lipinski definition) is 3. The largest absolute Gasteiger partial charge is 0.508 e. The molecule has 2 aliphatic carbocycles. The van der Waals surface area contributed by atoms with Gasteiger partial charge in [-0.1, -0.05) is 6.07 Å². The Kier molecular flexibility index (Phi) is 4.52. The van der Waals surface area contributed by atoms with Gasteiger partial charge in [-0.15, -0.1) is 0 Å². The van der Waals surface area contributed by atoms with E-state index in [9.17, 15) is 10.2 Å². The summed E-state index contributed by atoms with van der Waals surface area (Å²) in [5.74, 6) is 0.471. The van der Waals surface area contributed by atoms with E-state index < -0.39 is 6.10 Å². The second kappa shape index (κ2) is 6.54. The van der Waals surface area contributed by atoms with Gasteiger partial charge in [-0.2, -0.15) is 0 Å². The fourth-order valence-electron chi connectivity index (χ4n) is 5.87. The van der Waals surface area contributed by atoms with Gasteiger partial charge in [0.1, 0.15) is 5.75 Å². The molecule has 1 heterocycles. The van der Waals surface area contributed by atoms with Crippen LogP contribution in [0.1, 0.15) is 36.8 Å². The van der Waals surface area contributed by atoms with Gasteiger partial charge in [0.05, 0.1) is 25.4 Å². The van der Waals surface area contributed by atoms with E-state index in [-0.39, 0.29) is 24.0 Å². The minimum absolute atomic E-state index is 0.00572. The molecular formula is C20H29NO4. The molecule has 4 rings (SSSR count). The summed E-state index contributed by atoms with van der Waals surface area (Å²) in [6.45, 7) is 1.36. The summed E-state index contributed by atoms with van der Waals surface area (Å²) in [4.78, 5) is 2.42. The molecule has 0 radical (unpaired) electrons. The number of aromatic hydroxyl groups is 1. The van der Waals surface area contributed by atoms with E-state index in [0.29, 0.717) is 24.8 Å². The summed E-state index contributed by atoms with van der Waals surface area (Å²) in [5.41, 5.74) is 2.35. The van der Waals surface area contributed by atoms with E-state index in [4.69, 9.17) is 9.84 Å². The molecule has 2 bridgehead atoms. The number of fused-ring (bicyclic) bond motifs is 1. The van der Waals surface area contributed by atoms with Gasteiger partial charge in [-0.3, -0.25) is 0 Å². The lowest BCUT2D eigenvalue weighted by Crippen LogP contribution is -2.60. The number of nitrogens with zero attached hydrogens (tertiary/aromatic N) is 1. The van der Waals surface area contributed by atoms with Crippen molar-refractivity contribution in [2.45, 2.75) is 55.8 Å². The van der Waals surface area contributed by atoms with Gasteiger partial charge in [0.15, 0.2) is 0 Å². The highest BCUT2D eigenvalue weighted by Gasteiger charge is 2.57. The van der Waals surface area contributed by atoms with Crippen LogP contribution in [-0.2, 0) is 16.6 Å². The predicted molar refractivity (Wildman–Crippen MR) is 94.7 cm³/mol. The third-order valence-electron chi connectivity index (χ3n) is 6.77. The van der Waals surface area contributed by atoms with Crippen LogP contribution >= 0.6 is 0 Å². The smallest absolute Gasteiger partial charge is 0.115 e. The molecular weight excluding hydrogens is 318 g/mol. The van der Waals surface area contributed by atoms with Crippen LogP contribution in [0.5, 0.6) is 5.75 Å². The molecule has 0 aromatic heterocycles. The average molecular weight is 347 g/mol. The second-order valence-electron chi connectivity index (χ2n) is 8.10. The quantitative estimate of drug-likeness (QED) is 0.771. The van der Waals surface area contributed by atoms with Crippen molar-refractivity contribution in [3.63, 3.8) is 0 Å². The van der Waals surface area contributed by atoms with E-state index in [1.54, 1.807) is 6.07 Å². The Morgan fingerprint density at radius 3 is 3.00 bits per heavy atom. The Hall–Kier alpha value is -1.14. The van der Waals surface area contributed by atoms with Crippen molar-refractivity contribution in [1.29, 1.82) is 0 Å². The lowest BCUT2D eigenvalue weighted by atomic mass is 9.53. The Balaban J connectivity index is 1.81. The van der Waals surface area contributed by atoms with Crippen LogP contribution < -0.4 is 0 Å². The highest BCUT2D eigenvalue weighted by molar-refractivity contribution is 5.45. The van der Waals surface area contributed by atoms with Crippen molar-refractivity contribution in [2.75, 3.05) is 26.8 Å². The fraction of sp³-hybridized carbons (Fsp3) is 0.700. The van der Waals surface area contributed by atoms with Gasteiger partial charge in [0, 0.05) is 17.4 Å².